The molecule has 7 N–H and O–H groups in total. The molecule has 0 saturated heterocycles. The van der Waals surface area contributed by atoms with Crippen LogP contribution in [0.3, 0.4) is 0 Å². The number of carbonyl (C=O) groups excluding carboxylic acids is 4. The molecule has 14 nitrogen and oxygen atoms in total. The molecule has 2 aliphatic rings. The zero-order chi connectivity index (χ0) is 33.4. The van der Waals surface area contributed by atoms with Crippen molar-refractivity contribution in [3.63, 3.8) is 0 Å². The highest BCUT2D eigenvalue weighted by Crippen LogP contribution is 2.28. The molecule has 0 radical (unpaired) electrons. The third kappa shape index (κ3) is 14.5. The zero-order valence-electron chi connectivity index (χ0n) is 25.6. The second-order valence-electron chi connectivity index (χ2n) is 12.1. The van der Waals surface area contributed by atoms with Crippen molar-refractivity contribution < 1.29 is 48.9 Å². The first-order chi connectivity index (χ1) is 21.4. The number of amides is 4. The third-order valence-electron chi connectivity index (χ3n) is 8.52. The lowest BCUT2D eigenvalue weighted by Crippen LogP contribution is -2.58. The summed E-state index contributed by atoms with van der Waals surface area (Å²) in [4.78, 5) is 86.7. The van der Waals surface area contributed by atoms with Gasteiger partial charge in [0.1, 0.15) is 24.2 Å². The van der Waals surface area contributed by atoms with Gasteiger partial charge < -0.3 is 36.6 Å². The van der Waals surface area contributed by atoms with Gasteiger partial charge in [-0.1, -0.05) is 64.2 Å². The first-order valence-corrected chi connectivity index (χ1v) is 16.5. The Balaban J connectivity index is 2.24. The van der Waals surface area contributed by atoms with E-state index in [9.17, 15) is 43.8 Å². The summed E-state index contributed by atoms with van der Waals surface area (Å²) < 4.78 is 0. The average molecular weight is 657 g/mol. The number of rotatable bonds is 19. The van der Waals surface area contributed by atoms with E-state index in [0.717, 1.165) is 64.2 Å². The van der Waals surface area contributed by atoms with Crippen molar-refractivity contribution >= 4 is 54.2 Å². The highest BCUT2D eigenvalue weighted by Gasteiger charge is 2.34. The van der Waals surface area contributed by atoms with Crippen molar-refractivity contribution in [1.82, 2.24) is 21.3 Å². The van der Waals surface area contributed by atoms with Gasteiger partial charge in [0.2, 0.25) is 23.6 Å². The average Bonchev–Trinajstić information content (AvgIpc) is 3.00. The summed E-state index contributed by atoms with van der Waals surface area (Å²) >= 11 is 3.98. The summed E-state index contributed by atoms with van der Waals surface area (Å²) in [7, 11) is 0. The van der Waals surface area contributed by atoms with Crippen LogP contribution >= 0.6 is 12.6 Å². The molecule has 0 spiro atoms. The summed E-state index contributed by atoms with van der Waals surface area (Å²) in [6.07, 6.45) is 8.29. The Bertz CT molecular complexity index is 1050. The maximum atomic E-state index is 13.6. The Kier molecular flexibility index (Phi) is 16.7. The lowest BCUT2D eigenvalue weighted by Gasteiger charge is -2.30. The lowest BCUT2D eigenvalue weighted by molar-refractivity contribution is -0.142. The fourth-order valence-corrected chi connectivity index (χ4v) is 6.25. The molecule has 0 aromatic carbocycles. The molecule has 0 aliphatic heterocycles. The van der Waals surface area contributed by atoms with E-state index < -0.39 is 78.5 Å². The summed E-state index contributed by atoms with van der Waals surface area (Å²) in [5.74, 6) is -6.51. The van der Waals surface area contributed by atoms with Crippen LogP contribution < -0.4 is 21.3 Å². The van der Waals surface area contributed by atoms with Crippen molar-refractivity contribution in [1.29, 1.82) is 0 Å². The number of carboxylic acids is 3. The minimum absolute atomic E-state index is 0.0991. The molecule has 4 atom stereocenters. The molecule has 0 aromatic rings. The van der Waals surface area contributed by atoms with Crippen LogP contribution in [0.2, 0.25) is 0 Å². The predicted octanol–water partition coefficient (Wildman–Crippen LogP) is 1.61. The number of hydrogen-bond acceptors (Lipinski definition) is 8. The summed E-state index contributed by atoms with van der Waals surface area (Å²) in [5, 5.41) is 37.8. The summed E-state index contributed by atoms with van der Waals surface area (Å²) in [6.45, 7) is 0. The topological polar surface area (TPSA) is 228 Å². The first kappa shape index (κ1) is 37.8. The van der Waals surface area contributed by atoms with Crippen LogP contribution in [0.25, 0.3) is 0 Å². The van der Waals surface area contributed by atoms with Crippen molar-refractivity contribution in [2.75, 3.05) is 5.75 Å². The molecular weight excluding hydrogens is 608 g/mol. The Labute approximate surface area is 268 Å². The standard InChI is InChI=1S/C30H48N4O10S/c35-24(12-14-26(38)39)31-21(15-18-7-3-1-4-8-18)28(41)32-20(11-13-25(36)37)27(40)33-22(16-19-9-5-2-6-10-19)29(42)34-23(17-45)30(43)44/h18-23,45H,1-17H2,(H,31,35)(H,32,41)(H,33,40)(H,34,42)(H,36,37)(H,38,39)(H,43,44)/t20-,21-,22-,23+/m0/s1. The minimum Gasteiger partial charge on any atom is -0.481 e. The predicted molar refractivity (Wildman–Crippen MR) is 165 cm³/mol. The van der Waals surface area contributed by atoms with E-state index in [1.807, 2.05) is 0 Å². The van der Waals surface area contributed by atoms with Crippen molar-refractivity contribution in [3.05, 3.63) is 0 Å². The van der Waals surface area contributed by atoms with E-state index in [2.05, 4.69) is 33.9 Å². The summed E-state index contributed by atoms with van der Waals surface area (Å²) in [6, 6.07) is -4.89. The van der Waals surface area contributed by atoms with E-state index in [-0.39, 0.29) is 43.3 Å². The molecule has 2 aliphatic carbocycles. The van der Waals surface area contributed by atoms with E-state index >= 15 is 0 Å². The van der Waals surface area contributed by atoms with Gasteiger partial charge in [-0.15, -0.1) is 0 Å². The van der Waals surface area contributed by atoms with Gasteiger partial charge in [0.15, 0.2) is 0 Å². The molecule has 15 heteroatoms. The Hall–Kier alpha value is -3.36. The van der Waals surface area contributed by atoms with E-state index in [1.165, 1.54) is 0 Å². The Morgan fingerprint density at radius 3 is 1.42 bits per heavy atom. The van der Waals surface area contributed by atoms with Crippen molar-refractivity contribution in [3.8, 4) is 0 Å². The van der Waals surface area contributed by atoms with E-state index in [1.54, 1.807) is 0 Å². The molecule has 254 valence electrons. The maximum absolute atomic E-state index is 13.6. The van der Waals surface area contributed by atoms with E-state index in [4.69, 9.17) is 5.11 Å². The second-order valence-corrected chi connectivity index (χ2v) is 12.5. The van der Waals surface area contributed by atoms with Crippen molar-refractivity contribution in [2.24, 2.45) is 11.8 Å². The first-order valence-electron chi connectivity index (χ1n) is 15.9. The molecule has 45 heavy (non-hydrogen) atoms. The fourth-order valence-electron chi connectivity index (χ4n) is 6.00. The molecule has 2 fully saturated rings. The van der Waals surface area contributed by atoms with Gasteiger partial charge in [-0.05, 0) is 31.1 Å². The normalized spacial score (nSPS) is 18.4. The van der Waals surface area contributed by atoms with Gasteiger partial charge in [0.05, 0.1) is 6.42 Å². The largest absolute Gasteiger partial charge is 0.481 e. The highest BCUT2D eigenvalue weighted by atomic mass is 32.1. The molecule has 0 aromatic heterocycles. The molecule has 4 amide bonds. The number of thiol groups is 1. The van der Waals surface area contributed by atoms with E-state index in [0.29, 0.717) is 0 Å². The molecular formula is C30H48N4O10S. The summed E-state index contributed by atoms with van der Waals surface area (Å²) in [5.41, 5.74) is 0. The molecule has 2 saturated carbocycles. The molecule has 2 rings (SSSR count). The van der Waals surface area contributed by atoms with Gasteiger partial charge in [-0.3, -0.25) is 28.8 Å². The number of carbonyl (C=O) groups is 7. The number of aliphatic carboxylic acids is 3. The third-order valence-corrected chi connectivity index (χ3v) is 8.88. The smallest absolute Gasteiger partial charge is 0.327 e. The molecule has 0 unspecified atom stereocenters. The SMILES string of the molecule is O=C(O)CCC(=O)N[C@@H](CC1CCCCC1)C(=O)N[C@@H](CCC(=O)O)C(=O)N[C@@H](CC1CCCCC1)C(=O)N[C@H](CS)C(=O)O. The quantitative estimate of drug-likeness (QED) is 0.0937. The van der Waals surface area contributed by atoms with Gasteiger partial charge in [0, 0.05) is 18.6 Å². The molecule has 0 bridgehead atoms. The monoisotopic (exact) mass is 656 g/mol. The second kappa shape index (κ2) is 19.9. The van der Waals surface area contributed by atoms with Crippen LogP contribution in [0.5, 0.6) is 0 Å². The number of hydrogen-bond donors (Lipinski definition) is 8. The van der Waals surface area contributed by atoms with Gasteiger partial charge >= 0.3 is 17.9 Å². The molecule has 0 heterocycles. The minimum atomic E-state index is -1.37. The Morgan fingerprint density at radius 1 is 0.556 bits per heavy atom. The van der Waals surface area contributed by atoms with Gasteiger partial charge in [-0.2, -0.15) is 12.6 Å². The van der Waals surface area contributed by atoms with Crippen LogP contribution in [-0.4, -0.2) is 86.8 Å². The number of nitrogens with one attached hydrogen (secondary N) is 4. The lowest BCUT2D eigenvalue weighted by atomic mass is 9.84. The van der Waals surface area contributed by atoms with Crippen LogP contribution in [0.15, 0.2) is 0 Å². The van der Waals surface area contributed by atoms with Crippen LogP contribution in [0, 0.1) is 11.8 Å². The zero-order valence-corrected chi connectivity index (χ0v) is 26.5. The fraction of sp³-hybridized carbons (Fsp3) is 0.767. The Morgan fingerprint density at radius 2 is 0.978 bits per heavy atom. The number of carboxylic acid groups (broad SMARTS) is 3. The van der Waals surface area contributed by atoms with Crippen LogP contribution in [0.4, 0.5) is 0 Å². The highest BCUT2D eigenvalue weighted by molar-refractivity contribution is 7.80. The van der Waals surface area contributed by atoms with Crippen molar-refractivity contribution in [2.45, 2.75) is 127 Å². The maximum Gasteiger partial charge on any atom is 0.327 e. The van der Waals surface area contributed by atoms with Crippen LogP contribution in [-0.2, 0) is 33.6 Å². The van der Waals surface area contributed by atoms with Gasteiger partial charge in [0.25, 0.3) is 0 Å². The van der Waals surface area contributed by atoms with Crippen LogP contribution in [0.1, 0.15) is 103 Å². The van der Waals surface area contributed by atoms with Gasteiger partial charge in [-0.25, -0.2) is 4.79 Å².